The molecule has 17 heavy (non-hydrogen) atoms. The average molecular weight is 577 g/mol. The van der Waals surface area contributed by atoms with Crippen molar-refractivity contribution in [3.63, 3.8) is 0 Å². The first-order valence-corrected chi connectivity index (χ1v) is 7.81. The van der Waals surface area contributed by atoms with Crippen molar-refractivity contribution in [1.82, 2.24) is 0 Å². The van der Waals surface area contributed by atoms with Crippen LogP contribution in [0.4, 0.5) is 5.69 Å². The Bertz CT molecular complexity index is 353. The second-order valence-corrected chi connectivity index (χ2v) is 4.89. The van der Waals surface area contributed by atoms with Gasteiger partial charge >= 0.3 is 0 Å². The molecular formula is C9H10I3NO4. The van der Waals surface area contributed by atoms with E-state index < -0.39 is 0 Å². The molecule has 96 valence electrons. The number of nitrogens with two attached hydrogens (primary N) is 1. The Kier molecular flexibility index (Phi) is 8.14. The van der Waals surface area contributed by atoms with E-state index in [9.17, 15) is 0 Å². The van der Waals surface area contributed by atoms with Crippen LogP contribution < -0.4 is 15.4 Å². The molecule has 1 atom stereocenters. The van der Waals surface area contributed by atoms with Gasteiger partial charge in [0.1, 0.15) is 29.1 Å². The molecule has 0 bridgehead atoms. The molecule has 1 unspecified atom stereocenters. The summed E-state index contributed by atoms with van der Waals surface area (Å²) in [7, 11) is 0. The van der Waals surface area contributed by atoms with Crippen LogP contribution >= 0.6 is 68.6 Å². The monoisotopic (exact) mass is 577 g/mol. The van der Waals surface area contributed by atoms with E-state index in [0.29, 0.717) is 23.8 Å². The largest absolute Gasteiger partial charge is 0.483 e. The molecule has 0 heterocycles. The number of ether oxygens (including phenoxy) is 1. The molecule has 0 aliphatic heterocycles. The van der Waals surface area contributed by atoms with Crippen molar-refractivity contribution in [2.75, 3.05) is 16.8 Å². The van der Waals surface area contributed by atoms with Crippen LogP contribution in [0.1, 0.15) is 0 Å². The van der Waals surface area contributed by atoms with Gasteiger partial charge in [0.15, 0.2) is 28.8 Å². The van der Waals surface area contributed by atoms with Crippen LogP contribution in [0.5, 0.6) is 11.5 Å². The van der Waals surface area contributed by atoms with Gasteiger partial charge in [0.05, 0.1) is 6.61 Å². The molecule has 0 aliphatic carbocycles. The lowest BCUT2D eigenvalue weighted by Gasteiger charge is -2.17. The van der Waals surface area contributed by atoms with E-state index in [-0.39, 0.29) is 6.10 Å². The second kappa shape index (κ2) is 8.77. The zero-order chi connectivity index (χ0) is 12.7. The minimum absolute atomic E-state index is 0.0484. The van der Waals surface area contributed by atoms with Crippen molar-refractivity contribution in [3.05, 3.63) is 18.2 Å². The summed E-state index contributed by atoms with van der Waals surface area (Å²) in [6, 6.07) is 5.13. The molecule has 0 saturated heterocycles. The molecule has 5 nitrogen and oxygen atoms in total. The number of hydrogen-bond acceptors (Lipinski definition) is 5. The number of anilines is 1. The second-order valence-electron chi connectivity index (χ2n) is 3.02. The lowest BCUT2D eigenvalue weighted by atomic mass is 10.3. The summed E-state index contributed by atoms with van der Waals surface area (Å²) in [6.45, 7) is 0.498. The highest BCUT2D eigenvalue weighted by Gasteiger charge is 2.14. The molecule has 8 heteroatoms. The minimum Gasteiger partial charge on any atom is -0.483 e. The van der Waals surface area contributed by atoms with Crippen LogP contribution in [0.15, 0.2) is 18.2 Å². The van der Waals surface area contributed by atoms with E-state index in [1.54, 1.807) is 41.2 Å². The summed E-state index contributed by atoms with van der Waals surface area (Å²) < 4.78 is 16.2. The standard InChI is InChI=1S/C9H10I3NO4/c10-4-7(5-14-11)15-8-2-1-6(13)3-9(8)16-17-12/h1-3,7H,4-5,13H2. The smallest absolute Gasteiger partial charge is 0.210 e. The fraction of sp³-hybridized carbons (Fsp3) is 0.333. The van der Waals surface area contributed by atoms with E-state index in [2.05, 4.69) is 25.8 Å². The number of halogens is 3. The number of hydrogen-bond donors (Lipinski definition) is 1. The molecule has 0 radical (unpaired) electrons. The maximum Gasteiger partial charge on any atom is 0.210 e. The van der Waals surface area contributed by atoms with E-state index in [1.807, 2.05) is 23.0 Å². The Labute approximate surface area is 141 Å². The predicted octanol–water partition coefficient (Wildman–Crippen LogP) is 3.48. The van der Waals surface area contributed by atoms with Gasteiger partial charge in [0.2, 0.25) is 5.75 Å². The summed E-state index contributed by atoms with van der Waals surface area (Å²) in [5, 5.41) is 0. The lowest BCUT2D eigenvalue weighted by molar-refractivity contribution is -0.0507. The third-order valence-electron chi connectivity index (χ3n) is 1.80. The van der Waals surface area contributed by atoms with Gasteiger partial charge in [0, 0.05) is 16.2 Å². The van der Waals surface area contributed by atoms with Gasteiger partial charge in [-0.05, 0) is 12.1 Å². The minimum atomic E-state index is -0.0484. The maximum atomic E-state index is 5.74. The van der Waals surface area contributed by atoms with Crippen molar-refractivity contribution in [3.8, 4) is 11.5 Å². The van der Waals surface area contributed by atoms with Gasteiger partial charge in [-0.1, -0.05) is 22.6 Å². The maximum absolute atomic E-state index is 5.74. The van der Waals surface area contributed by atoms with E-state index in [1.165, 1.54) is 0 Å². The highest BCUT2D eigenvalue weighted by Crippen LogP contribution is 2.31. The first-order chi connectivity index (χ1) is 8.21. The normalized spacial score (nSPS) is 12.2. The Hall–Kier alpha value is 0.730. The Morgan fingerprint density at radius 2 is 2.00 bits per heavy atom. The summed E-state index contributed by atoms with van der Waals surface area (Å²) in [5.41, 5.74) is 6.24. The van der Waals surface area contributed by atoms with Gasteiger partial charge in [-0.25, -0.2) is 0 Å². The Morgan fingerprint density at radius 3 is 2.59 bits per heavy atom. The third kappa shape index (κ3) is 5.48. The third-order valence-corrected chi connectivity index (χ3v) is 3.33. The fourth-order valence-corrected chi connectivity index (χ4v) is 2.11. The van der Waals surface area contributed by atoms with Crippen LogP contribution in [-0.2, 0) is 6.28 Å². The predicted molar refractivity (Wildman–Crippen MR) is 89.9 cm³/mol. The van der Waals surface area contributed by atoms with Gasteiger partial charge < -0.3 is 18.4 Å². The number of nitrogen functional groups attached to an aromatic ring is 1. The molecule has 1 rings (SSSR count). The van der Waals surface area contributed by atoms with Crippen LogP contribution in [0.3, 0.4) is 0 Å². The van der Waals surface area contributed by atoms with Crippen LogP contribution in [0, 0.1) is 0 Å². The zero-order valence-electron chi connectivity index (χ0n) is 8.57. The van der Waals surface area contributed by atoms with Crippen molar-refractivity contribution in [2.24, 2.45) is 0 Å². The zero-order valence-corrected chi connectivity index (χ0v) is 15.0. The van der Waals surface area contributed by atoms with Crippen molar-refractivity contribution in [1.29, 1.82) is 0 Å². The Morgan fingerprint density at radius 1 is 1.24 bits per heavy atom. The van der Waals surface area contributed by atoms with Crippen molar-refractivity contribution < 1.29 is 15.9 Å². The first-order valence-electron chi connectivity index (χ1n) is 4.52. The van der Waals surface area contributed by atoms with E-state index in [4.69, 9.17) is 18.4 Å². The topological polar surface area (TPSA) is 62.9 Å². The molecule has 0 saturated carbocycles. The number of benzene rings is 1. The first kappa shape index (κ1) is 15.8. The summed E-state index contributed by atoms with van der Waals surface area (Å²) in [4.78, 5) is 4.98. The summed E-state index contributed by atoms with van der Waals surface area (Å²) >= 11 is 5.70. The van der Waals surface area contributed by atoms with Crippen LogP contribution in [0.2, 0.25) is 0 Å². The van der Waals surface area contributed by atoms with E-state index in [0.717, 1.165) is 4.43 Å². The quantitative estimate of drug-likeness (QED) is 0.177. The van der Waals surface area contributed by atoms with E-state index >= 15 is 0 Å². The SMILES string of the molecule is Nc1ccc(OC(CI)COI)c(OOI)c1. The molecule has 0 spiro atoms. The highest BCUT2D eigenvalue weighted by atomic mass is 127. The molecule has 0 aromatic heterocycles. The van der Waals surface area contributed by atoms with Gasteiger partial charge in [-0.2, -0.15) is 0 Å². The lowest BCUT2D eigenvalue weighted by Crippen LogP contribution is -2.23. The van der Waals surface area contributed by atoms with Gasteiger partial charge in [-0.15, -0.1) is 3.22 Å². The average Bonchev–Trinajstić information content (AvgIpc) is 2.32. The van der Waals surface area contributed by atoms with Crippen LogP contribution in [0.25, 0.3) is 0 Å². The van der Waals surface area contributed by atoms with Crippen molar-refractivity contribution >= 4 is 74.3 Å². The van der Waals surface area contributed by atoms with Gasteiger partial charge in [0.25, 0.3) is 0 Å². The van der Waals surface area contributed by atoms with Crippen LogP contribution in [-0.4, -0.2) is 17.1 Å². The number of alkyl halides is 1. The molecule has 0 fully saturated rings. The Balaban J connectivity index is 2.80. The molecule has 1 aromatic carbocycles. The summed E-state index contributed by atoms with van der Waals surface area (Å²) in [5.74, 6) is 1.02. The highest BCUT2D eigenvalue weighted by molar-refractivity contribution is 14.1. The fourth-order valence-electron chi connectivity index (χ4n) is 1.08. The van der Waals surface area contributed by atoms with Crippen molar-refractivity contribution in [2.45, 2.75) is 6.10 Å². The molecule has 0 aliphatic rings. The number of rotatable bonds is 7. The summed E-state index contributed by atoms with van der Waals surface area (Å²) in [6.07, 6.45) is -0.0484. The molecule has 1 aromatic rings. The van der Waals surface area contributed by atoms with Gasteiger partial charge in [-0.3, -0.25) is 0 Å². The molecular weight excluding hydrogens is 567 g/mol. The molecule has 2 N–H and O–H groups in total. The molecule has 0 amide bonds.